The highest BCUT2D eigenvalue weighted by molar-refractivity contribution is 5.93. The molecule has 1 amide bonds. The van der Waals surface area contributed by atoms with Crippen molar-refractivity contribution in [2.45, 2.75) is 57.3 Å². The molecule has 3 aromatic rings. The van der Waals surface area contributed by atoms with Gasteiger partial charge >= 0.3 is 5.97 Å². The molecule has 36 heavy (non-hydrogen) atoms. The Labute approximate surface area is 214 Å². The highest BCUT2D eigenvalue weighted by Crippen LogP contribution is 2.33. The maximum atomic E-state index is 13.9. The Hall–Kier alpha value is -3.44. The lowest BCUT2D eigenvalue weighted by Gasteiger charge is -2.47. The summed E-state index contributed by atoms with van der Waals surface area (Å²) < 4.78 is 11.8. The van der Waals surface area contributed by atoms with Gasteiger partial charge in [0, 0.05) is 6.61 Å². The second-order valence-corrected chi connectivity index (χ2v) is 10.2. The van der Waals surface area contributed by atoms with Gasteiger partial charge in [0.1, 0.15) is 11.7 Å². The average molecular weight is 486 g/mol. The zero-order valence-electron chi connectivity index (χ0n) is 21.3. The zero-order chi connectivity index (χ0) is 25.5. The van der Waals surface area contributed by atoms with Crippen molar-refractivity contribution >= 4 is 11.9 Å². The van der Waals surface area contributed by atoms with E-state index in [-0.39, 0.29) is 12.0 Å². The molecule has 0 bridgehead atoms. The summed E-state index contributed by atoms with van der Waals surface area (Å²) in [5.41, 5.74) is 2.38. The van der Waals surface area contributed by atoms with Crippen LogP contribution >= 0.6 is 0 Å². The molecule has 1 fully saturated rings. The van der Waals surface area contributed by atoms with Crippen LogP contribution in [0.3, 0.4) is 0 Å². The maximum Gasteiger partial charge on any atom is 0.332 e. The van der Waals surface area contributed by atoms with Crippen molar-refractivity contribution in [2.75, 3.05) is 13.2 Å². The molecule has 1 unspecified atom stereocenters. The predicted octanol–water partition coefficient (Wildman–Crippen LogP) is 5.39. The van der Waals surface area contributed by atoms with Gasteiger partial charge in [0.15, 0.2) is 6.04 Å². The van der Waals surface area contributed by atoms with Gasteiger partial charge in [-0.3, -0.25) is 4.79 Å². The van der Waals surface area contributed by atoms with E-state index in [1.54, 1.807) is 4.90 Å². The summed E-state index contributed by atoms with van der Waals surface area (Å²) in [5.74, 6) is -1.04. The molecule has 0 N–H and O–H groups in total. The van der Waals surface area contributed by atoms with Crippen molar-refractivity contribution in [2.24, 2.45) is 0 Å². The summed E-state index contributed by atoms with van der Waals surface area (Å²) in [6, 6.07) is 28.9. The van der Waals surface area contributed by atoms with E-state index in [2.05, 4.69) is 12.1 Å². The monoisotopic (exact) mass is 485 g/mol. The zero-order valence-corrected chi connectivity index (χ0v) is 21.3. The molecule has 1 aliphatic heterocycles. The number of hydrogen-bond acceptors (Lipinski definition) is 4. The molecule has 2 atom stereocenters. The highest BCUT2D eigenvalue weighted by Gasteiger charge is 2.50. The largest absolute Gasteiger partial charge is 0.458 e. The number of aryl methyl sites for hydroxylation is 1. The summed E-state index contributed by atoms with van der Waals surface area (Å²) in [6.07, 6.45) is 1.36. The Bertz CT molecular complexity index is 1090. The van der Waals surface area contributed by atoms with Crippen molar-refractivity contribution in [3.8, 4) is 0 Å². The maximum absolute atomic E-state index is 13.9. The Balaban J connectivity index is 1.50. The van der Waals surface area contributed by atoms with Gasteiger partial charge in [-0.25, -0.2) is 4.79 Å². The lowest BCUT2D eigenvalue weighted by Crippen LogP contribution is -2.68. The van der Waals surface area contributed by atoms with Gasteiger partial charge in [-0.2, -0.15) is 0 Å². The average Bonchev–Trinajstić information content (AvgIpc) is 2.84. The third-order valence-electron chi connectivity index (χ3n) is 6.29. The highest BCUT2D eigenvalue weighted by atomic mass is 16.6. The number of rotatable bonds is 9. The van der Waals surface area contributed by atoms with Crippen molar-refractivity contribution in [1.29, 1.82) is 0 Å². The van der Waals surface area contributed by atoms with E-state index in [1.165, 1.54) is 5.56 Å². The molecule has 0 aliphatic carbocycles. The van der Waals surface area contributed by atoms with E-state index in [4.69, 9.17) is 9.47 Å². The fourth-order valence-corrected chi connectivity index (χ4v) is 4.57. The first-order valence-electron chi connectivity index (χ1n) is 12.6. The van der Waals surface area contributed by atoms with Crippen molar-refractivity contribution in [3.63, 3.8) is 0 Å². The van der Waals surface area contributed by atoms with Crippen LogP contribution < -0.4 is 0 Å². The minimum absolute atomic E-state index is 0.118. The van der Waals surface area contributed by atoms with Gasteiger partial charge in [0.25, 0.3) is 0 Å². The molecule has 188 valence electrons. The molecule has 5 nitrogen and oxygen atoms in total. The number of esters is 1. The Morgan fingerprint density at radius 2 is 1.39 bits per heavy atom. The quantitative estimate of drug-likeness (QED) is 0.301. The molecule has 0 radical (unpaired) electrons. The molecular weight excluding hydrogens is 450 g/mol. The Morgan fingerprint density at radius 3 is 1.92 bits per heavy atom. The van der Waals surface area contributed by atoms with E-state index in [0.717, 1.165) is 24.0 Å². The molecule has 1 saturated heterocycles. The second kappa shape index (κ2) is 11.5. The van der Waals surface area contributed by atoms with Gasteiger partial charge in [-0.1, -0.05) is 91.0 Å². The van der Waals surface area contributed by atoms with Crippen LogP contribution in [0.4, 0.5) is 0 Å². The summed E-state index contributed by atoms with van der Waals surface area (Å²) in [5, 5.41) is 0. The number of benzene rings is 3. The second-order valence-electron chi connectivity index (χ2n) is 10.2. The third kappa shape index (κ3) is 6.41. The van der Waals surface area contributed by atoms with Crippen LogP contribution in [-0.4, -0.2) is 47.7 Å². The van der Waals surface area contributed by atoms with Crippen LogP contribution in [0.15, 0.2) is 91.0 Å². The number of amides is 1. The van der Waals surface area contributed by atoms with E-state index >= 15 is 0 Å². The van der Waals surface area contributed by atoms with Crippen LogP contribution in [0.5, 0.6) is 0 Å². The topological polar surface area (TPSA) is 55.8 Å². The lowest BCUT2D eigenvalue weighted by atomic mass is 9.87. The molecule has 5 heteroatoms. The number of carbonyl (C=O) groups excluding carboxylic acids is 2. The van der Waals surface area contributed by atoms with Crippen molar-refractivity contribution in [1.82, 2.24) is 4.90 Å². The number of ether oxygens (including phenoxy) is 2. The van der Waals surface area contributed by atoms with Gasteiger partial charge < -0.3 is 14.4 Å². The van der Waals surface area contributed by atoms with Crippen LogP contribution in [0.1, 0.15) is 49.8 Å². The van der Waals surface area contributed by atoms with E-state index in [0.29, 0.717) is 13.2 Å². The summed E-state index contributed by atoms with van der Waals surface area (Å²) >= 11 is 0. The Morgan fingerprint density at radius 1 is 0.861 bits per heavy atom. The molecule has 0 saturated carbocycles. The van der Waals surface area contributed by atoms with E-state index in [9.17, 15) is 9.59 Å². The molecule has 3 aromatic carbocycles. The van der Waals surface area contributed by atoms with E-state index in [1.807, 2.05) is 99.6 Å². The number of nitrogens with zero attached hydrogens (tertiary/aromatic N) is 1. The fourth-order valence-electron chi connectivity index (χ4n) is 4.57. The van der Waals surface area contributed by atoms with Crippen LogP contribution in [0, 0.1) is 0 Å². The van der Waals surface area contributed by atoms with Crippen molar-refractivity contribution < 1.29 is 19.1 Å². The molecule has 1 heterocycles. The minimum Gasteiger partial charge on any atom is -0.458 e. The standard InChI is InChI=1S/C31H35NO4/c1-31(2,3)36-30(34)28-26(35-21-13-16-23-14-7-4-8-15-23)22-32(28)29(33)27(24-17-9-5-10-18-24)25-19-11-6-12-20-25/h4-12,14-15,17-20,26-28H,13,16,21-22H2,1-3H3/t26-,28?/m0/s1. The van der Waals surface area contributed by atoms with Crippen LogP contribution in [0.2, 0.25) is 0 Å². The SMILES string of the molecule is CC(C)(C)OC(=O)C1[C@@H](OCCCc2ccccc2)CN1C(=O)C(c1ccccc1)c1ccccc1. The molecule has 0 aromatic heterocycles. The molecule has 1 aliphatic rings. The smallest absolute Gasteiger partial charge is 0.332 e. The van der Waals surface area contributed by atoms with Gasteiger partial charge in [0.2, 0.25) is 5.91 Å². The normalized spacial score (nSPS) is 17.5. The van der Waals surface area contributed by atoms with Crippen molar-refractivity contribution in [3.05, 3.63) is 108 Å². The fraction of sp³-hybridized carbons (Fsp3) is 0.355. The van der Waals surface area contributed by atoms with Gasteiger partial charge in [0.05, 0.1) is 12.5 Å². The first-order valence-corrected chi connectivity index (χ1v) is 12.6. The van der Waals surface area contributed by atoms with Crippen LogP contribution in [-0.2, 0) is 25.5 Å². The minimum atomic E-state index is -0.761. The van der Waals surface area contributed by atoms with Crippen LogP contribution in [0.25, 0.3) is 0 Å². The summed E-state index contributed by atoms with van der Waals surface area (Å²) in [4.78, 5) is 28.8. The molecule has 0 spiro atoms. The predicted molar refractivity (Wildman–Crippen MR) is 141 cm³/mol. The Kier molecular flexibility index (Phi) is 8.21. The lowest BCUT2D eigenvalue weighted by molar-refractivity contribution is -0.188. The van der Waals surface area contributed by atoms with E-state index < -0.39 is 23.5 Å². The first kappa shape index (κ1) is 25.6. The molecule has 4 rings (SSSR count). The summed E-state index contributed by atoms with van der Waals surface area (Å²) in [7, 11) is 0. The summed E-state index contributed by atoms with van der Waals surface area (Å²) in [6.45, 7) is 6.39. The number of likely N-dealkylation sites (tertiary alicyclic amines) is 1. The molecular formula is C31H35NO4. The third-order valence-corrected chi connectivity index (χ3v) is 6.29. The first-order chi connectivity index (χ1) is 17.3. The van der Waals surface area contributed by atoms with Gasteiger partial charge in [-0.05, 0) is 50.3 Å². The number of carbonyl (C=O) groups is 2. The van der Waals surface area contributed by atoms with Gasteiger partial charge in [-0.15, -0.1) is 0 Å². The number of hydrogen-bond donors (Lipinski definition) is 0.